The van der Waals surface area contributed by atoms with Crippen molar-refractivity contribution in [1.82, 2.24) is 14.0 Å². The van der Waals surface area contributed by atoms with Gasteiger partial charge in [-0.05, 0) is 24.4 Å². The van der Waals surface area contributed by atoms with Gasteiger partial charge in [0.25, 0.3) is 5.56 Å². The monoisotopic (exact) mass is 333 g/mol. The van der Waals surface area contributed by atoms with E-state index in [0.717, 1.165) is 9.44 Å². The number of aromatic nitrogens is 2. The van der Waals surface area contributed by atoms with Crippen LogP contribution in [0.4, 0.5) is 0 Å². The Balaban J connectivity index is 2.20. The number of aryl methyl sites for hydroxylation is 1. The van der Waals surface area contributed by atoms with Crippen LogP contribution in [-0.2, 0) is 25.4 Å². The minimum absolute atomic E-state index is 0.170. The van der Waals surface area contributed by atoms with Crippen molar-refractivity contribution >= 4 is 23.3 Å². The zero-order valence-corrected chi connectivity index (χ0v) is 14.2. The van der Waals surface area contributed by atoms with Gasteiger partial charge in [-0.1, -0.05) is 6.07 Å². The third kappa shape index (κ3) is 3.87. The fourth-order valence-corrected chi connectivity index (χ4v) is 2.87. The van der Waals surface area contributed by atoms with E-state index in [2.05, 4.69) is 0 Å². The molecule has 2 heterocycles. The van der Waals surface area contributed by atoms with Gasteiger partial charge in [-0.2, -0.15) is 0 Å². The van der Waals surface area contributed by atoms with Gasteiger partial charge >= 0.3 is 5.69 Å². The first-order valence-electron chi connectivity index (χ1n) is 7.20. The van der Waals surface area contributed by atoms with Gasteiger partial charge in [0.15, 0.2) is 0 Å². The second-order valence-electron chi connectivity index (χ2n) is 5.11. The van der Waals surface area contributed by atoms with Crippen LogP contribution < -0.4 is 11.2 Å². The van der Waals surface area contributed by atoms with Crippen LogP contribution in [0.15, 0.2) is 39.4 Å². The number of amides is 1. The largest absolute Gasteiger partial charge is 0.334 e. The molecule has 0 atom stereocenters. The van der Waals surface area contributed by atoms with Crippen molar-refractivity contribution in [2.24, 2.45) is 14.1 Å². The number of carbonyl (C=O) groups excluding carboxylic acids is 1. The van der Waals surface area contributed by atoms with Crippen molar-refractivity contribution in [3.63, 3.8) is 0 Å². The van der Waals surface area contributed by atoms with Crippen molar-refractivity contribution < 1.29 is 4.79 Å². The smallest absolute Gasteiger partial charge is 0.330 e. The Morgan fingerprint density at radius 3 is 2.70 bits per heavy atom. The summed E-state index contributed by atoms with van der Waals surface area (Å²) in [6, 6.07) is 3.93. The molecule has 7 heteroatoms. The lowest BCUT2D eigenvalue weighted by atomic mass is 10.2. The molecular formula is C16H19N3O3S. The summed E-state index contributed by atoms with van der Waals surface area (Å²) in [5.74, 6) is -0.170. The average molecular weight is 333 g/mol. The molecule has 0 bridgehead atoms. The molecule has 0 aliphatic carbocycles. The molecule has 0 N–H and O–H groups in total. The predicted molar refractivity (Wildman–Crippen MR) is 91.4 cm³/mol. The molecule has 0 saturated heterocycles. The summed E-state index contributed by atoms with van der Waals surface area (Å²) in [5.41, 5.74) is -0.514. The SMILES string of the molecule is CCN(Cc1cccs1)C(=O)/C=C/c1cn(C)c(=O)n(C)c1=O. The summed E-state index contributed by atoms with van der Waals surface area (Å²) in [7, 11) is 2.98. The molecule has 2 aromatic rings. The van der Waals surface area contributed by atoms with E-state index in [1.807, 2.05) is 24.4 Å². The fraction of sp³-hybridized carbons (Fsp3) is 0.312. The second-order valence-corrected chi connectivity index (χ2v) is 6.14. The number of likely N-dealkylation sites (N-methyl/N-ethyl adjacent to an activating group) is 1. The average Bonchev–Trinajstić information content (AvgIpc) is 3.05. The van der Waals surface area contributed by atoms with Crippen LogP contribution in [0.1, 0.15) is 17.4 Å². The van der Waals surface area contributed by atoms with Crippen LogP contribution in [0.2, 0.25) is 0 Å². The molecule has 1 amide bonds. The molecule has 2 aromatic heterocycles. The van der Waals surface area contributed by atoms with E-state index >= 15 is 0 Å². The maximum atomic E-state index is 12.3. The molecule has 0 aliphatic rings. The summed E-state index contributed by atoms with van der Waals surface area (Å²) >= 11 is 1.60. The second kappa shape index (κ2) is 7.23. The van der Waals surface area contributed by atoms with E-state index in [-0.39, 0.29) is 5.91 Å². The summed E-state index contributed by atoms with van der Waals surface area (Å²) < 4.78 is 2.34. The molecule has 122 valence electrons. The minimum Gasteiger partial charge on any atom is -0.334 e. The van der Waals surface area contributed by atoms with Crippen LogP contribution in [0.5, 0.6) is 0 Å². The number of hydrogen-bond donors (Lipinski definition) is 0. The molecule has 0 unspecified atom stereocenters. The van der Waals surface area contributed by atoms with Crippen LogP contribution in [-0.4, -0.2) is 26.5 Å². The van der Waals surface area contributed by atoms with E-state index in [9.17, 15) is 14.4 Å². The first-order chi connectivity index (χ1) is 10.9. The Labute approximate surface area is 137 Å². The molecule has 0 radical (unpaired) electrons. The van der Waals surface area contributed by atoms with E-state index < -0.39 is 11.2 Å². The normalized spacial score (nSPS) is 11.1. The minimum atomic E-state index is -0.418. The lowest BCUT2D eigenvalue weighted by Crippen LogP contribution is -2.37. The van der Waals surface area contributed by atoms with Gasteiger partial charge in [-0.3, -0.25) is 14.2 Å². The van der Waals surface area contributed by atoms with Crippen molar-refractivity contribution in [3.05, 3.63) is 61.1 Å². The van der Waals surface area contributed by atoms with E-state index in [1.54, 1.807) is 23.3 Å². The first kappa shape index (κ1) is 17.0. The van der Waals surface area contributed by atoms with Gasteiger partial charge in [0, 0.05) is 37.8 Å². The van der Waals surface area contributed by atoms with Crippen LogP contribution in [0.3, 0.4) is 0 Å². The fourth-order valence-electron chi connectivity index (χ4n) is 2.15. The number of hydrogen-bond acceptors (Lipinski definition) is 4. The standard InChI is InChI=1S/C16H19N3O3S/c1-4-19(11-13-6-5-9-23-13)14(20)8-7-12-10-17(2)16(22)18(3)15(12)21/h5-10H,4,11H2,1-3H3/b8-7+. The molecule has 2 rings (SSSR count). The highest BCUT2D eigenvalue weighted by molar-refractivity contribution is 7.09. The lowest BCUT2D eigenvalue weighted by Gasteiger charge is -2.18. The summed E-state index contributed by atoms with van der Waals surface area (Å²) in [6.07, 6.45) is 4.27. The number of thiophene rings is 1. The Hall–Kier alpha value is -2.41. The number of nitrogens with zero attached hydrogens (tertiary/aromatic N) is 3. The van der Waals surface area contributed by atoms with Gasteiger partial charge in [0.1, 0.15) is 0 Å². The summed E-state index contributed by atoms with van der Waals surface area (Å²) in [5, 5.41) is 1.97. The molecule has 0 spiro atoms. The molecule has 0 aromatic carbocycles. The van der Waals surface area contributed by atoms with Gasteiger partial charge in [0.2, 0.25) is 5.91 Å². The number of carbonyl (C=O) groups is 1. The van der Waals surface area contributed by atoms with Crippen molar-refractivity contribution in [2.75, 3.05) is 6.54 Å². The van der Waals surface area contributed by atoms with E-state index in [0.29, 0.717) is 18.7 Å². The van der Waals surface area contributed by atoms with Crippen LogP contribution in [0.25, 0.3) is 6.08 Å². The van der Waals surface area contributed by atoms with Crippen molar-refractivity contribution in [1.29, 1.82) is 0 Å². The number of rotatable bonds is 5. The third-order valence-electron chi connectivity index (χ3n) is 3.50. The Kier molecular flexibility index (Phi) is 5.33. The first-order valence-corrected chi connectivity index (χ1v) is 8.08. The highest BCUT2D eigenvalue weighted by atomic mass is 32.1. The summed E-state index contributed by atoms with van der Waals surface area (Å²) in [4.78, 5) is 38.7. The van der Waals surface area contributed by atoms with Gasteiger partial charge in [-0.15, -0.1) is 11.3 Å². The molecule has 0 aliphatic heterocycles. The van der Waals surface area contributed by atoms with Crippen LogP contribution in [0, 0.1) is 0 Å². The Morgan fingerprint density at radius 1 is 1.35 bits per heavy atom. The maximum Gasteiger partial charge on any atom is 0.330 e. The summed E-state index contributed by atoms with van der Waals surface area (Å²) in [6.45, 7) is 3.03. The zero-order valence-electron chi connectivity index (χ0n) is 13.4. The van der Waals surface area contributed by atoms with Gasteiger partial charge < -0.3 is 9.47 Å². The lowest BCUT2D eigenvalue weighted by molar-refractivity contribution is -0.126. The Morgan fingerprint density at radius 2 is 2.09 bits per heavy atom. The predicted octanol–water partition coefficient (Wildman–Crippen LogP) is 1.21. The zero-order chi connectivity index (χ0) is 17.0. The van der Waals surface area contributed by atoms with E-state index in [1.165, 1.54) is 30.0 Å². The van der Waals surface area contributed by atoms with E-state index in [4.69, 9.17) is 0 Å². The van der Waals surface area contributed by atoms with Crippen molar-refractivity contribution in [2.45, 2.75) is 13.5 Å². The highest BCUT2D eigenvalue weighted by Crippen LogP contribution is 2.12. The van der Waals surface area contributed by atoms with Gasteiger partial charge in [0.05, 0.1) is 12.1 Å². The molecular weight excluding hydrogens is 314 g/mol. The highest BCUT2D eigenvalue weighted by Gasteiger charge is 2.10. The Bertz CT molecular complexity index is 831. The van der Waals surface area contributed by atoms with Crippen molar-refractivity contribution in [3.8, 4) is 0 Å². The molecule has 23 heavy (non-hydrogen) atoms. The maximum absolute atomic E-state index is 12.3. The molecule has 6 nitrogen and oxygen atoms in total. The topological polar surface area (TPSA) is 64.3 Å². The third-order valence-corrected chi connectivity index (χ3v) is 4.36. The molecule has 0 saturated carbocycles. The molecule has 0 fully saturated rings. The van der Waals surface area contributed by atoms with Gasteiger partial charge in [-0.25, -0.2) is 4.79 Å². The van der Waals surface area contributed by atoms with Crippen LogP contribution >= 0.6 is 11.3 Å². The quantitative estimate of drug-likeness (QED) is 0.773.